The lowest BCUT2D eigenvalue weighted by Crippen LogP contribution is -2.34. The summed E-state index contributed by atoms with van der Waals surface area (Å²) in [6.45, 7) is 0.179. The van der Waals surface area contributed by atoms with Crippen molar-refractivity contribution in [2.45, 2.75) is 68.3 Å². The highest BCUT2D eigenvalue weighted by Crippen LogP contribution is 2.54. The van der Waals surface area contributed by atoms with Crippen LogP contribution in [0, 0.1) is 6.26 Å². The molecule has 2 unspecified atom stereocenters. The molecular weight excluding hydrogens is 903 g/mol. The van der Waals surface area contributed by atoms with E-state index in [1.54, 1.807) is 11.3 Å². The standard InChI is InChI=1S/C45H37N3O6S7/c1-56-27-11-9-26(10-12-27)32-14-15-33(57-32)34-16-17-35(58-34)36-18-19-38(59-36)48-30-6-4-5-28(30)29-23-25(8-13-31(29)48)24-37-42(53)46(22-20-40(51)52)44(60-37)41-43(54)47(45(55)61-41)21-3-2-7-39(49)50/h1,8-19,23-24,28,30H,2-7,20-22H2,(H,49,50)(H,51,52)/b37-24-,44-41+. The molecule has 6 aromatic rings. The molecular formula is C45H37N3O6S7. The van der Waals surface area contributed by atoms with Crippen LogP contribution in [0.1, 0.15) is 62.0 Å². The second kappa shape index (κ2) is 17.8. The van der Waals surface area contributed by atoms with Crippen LogP contribution in [0.4, 0.5) is 10.7 Å². The molecule has 1 saturated carbocycles. The molecule has 9 rings (SSSR count). The topological polar surface area (TPSA) is 120 Å². The Bertz CT molecular complexity index is 2890. The number of unbranched alkanes of at least 4 members (excludes halogenated alkanes) is 1. The number of carboxylic acid groups (broad SMARTS) is 2. The fourth-order valence-electron chi connectivity index (χ4n) is 8.28. The number of amides is 1. The summed E-state index contributed by atoms with van der Waals surface area (Å²) in [4.78, 5) is 61.6. The van der Waals surface area contributed by atoms with Gasteiger partial charge in [-0.1, -0.05) is 48.6 Å². The van der Waals surface area contributed by atoms with Crippen molar-refractivity contribution in [1.29, 1.82) is 0 Å². The third-order valence-corrected chi connectivity index (χ3v) is 18.1. The van der Waals surface area contributed by atoms with E-state index in [1.807, 2.05) is 34.8 Å². The zero-order valence-corrected chi connectivity index (χ0v) is 38.1. The molecule has 2 atom stereocenters. The van der Waals surface area contributed by atoms with Crippen molar-refractivity contribution in [3.8, 4) is 29.9 Å². The SMILES string of the molecule is [CH]Sc1ccc(-c2ccc(-c3ccc(-c4ccc(N5c6ccc(/C=c7\s/c(=C8/SC(=S)N(CCCCC(=O)O)C8=O)n(CCC(=O)O)c7=O)cc6C6CCCC65)s4)s3)s2)cc1. The average Bonchev–Trinajstić information content (AvgIpc) is 4.11. The predicted molar refractivity (Wildman–Crippen MR) is 256 cm³/mol. The van der Waals surface area contributed by atoms with E-state index in [0.717, 1.165) is 41.5 Å². The number of carboxylic acids is 2. The fraction of sp³-hybridized carbons (Fsp3) is 0.244. The van der Waals surface area contributed by atoms with Gasteiger partial charge in [0, 0.05) is 72.7 Å². The zero-order valence-electron chi connectivity index (χ0n) is 32.4. The van der Waals surface area contributed by atoms with E-state index >= 15 is 0 Å². The maximum Gasteiger partial charge on any atom is 0.305 e. The van der Waals surface area contributed by atoms with Crippen LogP contribution in [0.2, 0.25) is 0 Å². The molecule has 1 aliphatic carbocycles. The fourth-order valence-corrected chi connectivity index (χ4v) is 14.4. The molecule has 2 radical (unpaired) electrons. The molecule has 310 valence electrons. The molecule has 2 fully saturated rings. The molecule has 2 aliphatic heterocycles. The summed E-state index contributed by atoms with van der Waals surface area (Å²) in [5.41, 5.74) is 4.14. The van der Waals surface area contributed by atoms with Crippen LogP contribution in [-0.2, 0) is 20.9 Å². The smallest absolute Gasteiger partial charge is 0.305 e. The third-order valence-electron chi connectivity index (χ3n) is 11.1. The number of thiazole rings is 1. The molecule has 1 amide bonds. The molecule has 16 heteroatoms. The van der Waals surface area contributed by atoms with Gasteiger partial charge in [0.05, 0.1) is 16.0 Å². The number of benzene rings is 2. The minimum Gasteiger partial charge on any atom is -0.481 e. The summed E-state index contributed by atoms with van der Waals surface area (Å²) < 4.78 is 2.50. The Balaban J connectivity index is 0.988. The highest BCUT2D eigenvalue weighted by atomic mass is 32.2. The van der Waals surface area contributed by atoms with Gasteiger partial charge in [-0.25, -0.2) is 0 Å². The second-order valence-corrected chi connectivity index (χ2v) is 21.5. The van der Waals surface area contributed by atoms with E-state index in [9.17, 15) is 24.3 Å². The molecule has 1 saturated heterocycles. The Morgan fingerprint density at radius 3 is 2.21 bits per heavy atom. The van der Waals surface area contributed by atoms with Crippen molar-refractivity contribution in [3.63, 3.8) is 0 Å². The van der Waals surface area contributed by atoms with Crippen LogP contribution in [0.5, 0.6) is 0 Å². The summed E-state index contributed by atoms with van der Waals surface area (Å²) in [6, 6.07) is 28.4. The van der Waals surface area contributed by atoms with Crippen molar-refractivity contribution >= 4 is 125 Å². The Morgan fingerprint density at radius 2 is 1.49 bits per heavy atom. The van der Waals surface area contributed by atoms with Crippen molar-refractivity contribution in [3.05, 3.63) is 116 Å². The van der Waals surface area contributed by atoms with Crippen LogP contribution >= 0.6 is 81.1 Å². The Morgan fingerprint density at radius 1 is 0.803 bits per heavy atom. The lowest BCUT2D eigenvalue weighted by Gasteiger charge is -2.25. The molecule has 0 bridgehead atoms. The summed E-state index contributed by atoms with van der Waals surface area (Å²) in [6.07, 6.45) is 11.4. The van der Waals surface area contributed by atoms with Gasteiger partial charge in [0.2, 0.25) is 0 Å². The van der Waals surface area contributed by atoms with Gasteiger partial charge >= 0.3 is 11.9 Å². The van der Waals surface area contributed by atoms with Gasteiger partial charge in [0.15, 0.2) is 0 Å². The molecule has 9 nitrogen and oxygen atoms in total. The first-order valence-electron chi connectivity index (χ1n) is 19.7. The van der Waals surface area contributed by atoms with E-state index in [4.69, 9.17) is 23.6 Å². The van der Waals surface area contributed by atoms with Crippen molar-refractivity contribution in [2.75, 3.05) is 11.4 Å². The number of aliphatic carboxylic acids is 2. The summed E-state index contributed by atoms with van der Waals surface area (Å²) >= 11 is 14.5. The van der Waals surface area contributed by atoms with Gasteiger partial charge in [0.1, 0.15) is 13.9 Å². The quantitative estimate of drug-likeness (QED) is 0.0621. The number of thiophene rings is 3. The number of hydrogen-bond donors (Lipinski definition) is 2. The van der Waals surface area contributed by atoms with E-state index in [-0.39, 0.29) is 42.3 Å². The van der Waals surface area contributed by atoms with Gasteiger partial charge in [-0.3, -0.25) is 28.6 Å². The number of carbonyl (C=O) groups excluding carboxylic acids is 1. The lowest BCUT2D eigenvalue weighted by atomic mass is 9.96. The van der Waals surface area contributed by atoms with Crippen molar-refractivity contribution in [1.82, 2.24) is 9.47 Å². The van der Waals surface area contributed by atoms with E-state index < -0.39 is 11.9 Å². The summed E-state index contributed by atoms with van der Waals surface area (Å²) in [5.74, 6) is -1.95. The van der Waals surface area contributed by atoms with Gasteiger partial charge in [-0.05, 0) is 109 Å². The maximum absolute atomic E-state index is 13.9. The van der Waals surface area contributed by atoms with Crippen molar-refractivity contribution in [2.24, 2.45) is 0 Å². The normalized spacial score (nSPS) is 18.4. The average molecular weight is 940 g/mol. The first-order valence-corrected chi connectivity index (χ1v) is 25.1. The van der Waals surface area contributed by atoms with E-state index in [2.05, 4.69) is 77.7 Å². The number of fused-ring (bicyclic) bond motifs is 3. The molecule has 61 heavy (non-hydrogen) atoms. The Hall–Kier alpha value is -4.29. The van der Waals surface area contributed by atoms with Crippen LogP contribution in [0.25, 0.3) is 40.9 Å². The number of carbonyl (C=O) groups is 3. The second-order valence-electron chi connectivity index (χ2n) is 14.9. The van der Waals surface area contributed by atoms with Gasteiger partial charge in [-0.15, -0.1) is 57.1 Å². The van der Waals surface area contributed by atoms with Crippen LogP contribution in [0.3, 0.4) is 0 Å². The molecule has 6 heterocycles. The summed E-state index contributed by atoms with van der Waals surface area (Å²) in [5, 5.41) is 19.7. The minimum atomic E-state index is -1.05. The van der Waals surface area contributed by atoms with Crippen LogP contribution < -0.4 is 19.7 Å². The van der Waals surface area contributed by atoms with Crippen molar-refractivity contribution < 1.29 is 24.6 Å². The van der Waals surface area contributed by atoms with E-state index in [1.165, 1.54) is 78.8 Å². The molecule has 2 N–H and O–H groups in total. The molecule has 0 spiro atoms. The number of rotatable bonds is 14. The number of anilines is 2. The highest BCUT2D eigenvalue weighted by Gasteiger charge is 2.42. The summed E-state index contributed by atoms with van der Waals surface area (Å²) in [7, 11) is 0. The van der Waals surface area contributed by atoms with Crippen LogP contribution in [0.15, 0.2) is 88.6 Å². The molecule has 4 aromatic heterocycles. The molecule has 3 aliphatic rings. The number of aromatic nitrogens is 1. The van der Waals surface area contributed by atoms with Gasteiger partial charge in [0.25, 0.3) is 11.5 Å². The lowest BCUT2D eigenvalue weighted by molar-refractivity contribution is -0.138. The van der Waals surface area contributed by atoms with Crippen LogP contribution in [-0.4, -0.2) is 54.4 Å². The van der Waals surface area contributed by atoms with Gasteiger partial charge < -0.3 is 15.1 Å². The number of nitrogens with zero attached hydrogens (tertiary/aromatic N) is 3. The van der Waals surface area contributed by atoms with Gasteiger partial charge in [-0.2, -0.15) is 0 Å². The molecule has 2 aromatic carbocycles. The maximum atomic E-state index is 13.9. The number of thioether (sulfide) groups is 2. The van der Waals surface area contributed by atoms with E-state index in [0.29, 0.717) is 38.3 Å². The first-order chi connectivity index (χ1) is 29.6. The number of thiocarbonyl (C=S) groups is 1. The highest BCUT2D eigenvalue weighted by molar-refractivity contribution is 8.30. The minimum absolute atomic E-state index is 0.00419. The Labute approximate surface area is 381 Å². The Kier molecular flexibility index (Phi) is 12.3. The third kappa shape index (κ3) is 8.47. The zero-order chi connectivity index (χ0) is 42.4. The number of hydrogen-bond acceptors (Lipinski definition) is 12. The monoisotopic (exact) mass is 939 g/mol. The first kappa shape index (κ1) is 42.0. The largest absolute Gasteiger partial charge is 0.481 e. The predicted octanol–water partition coefficient (Wildman–Crippen LogP) is 10.2.